The first-order valence-electron chi connectivity index (χ1n) is 11.7. The van der Waals surface area contributed by atoms with Crippen molar-refractivity contribution in [1.29, 1.82) is 0 Å². The fraction of sp³-hybridized carbons (Fsp3) is 0.259. The molecule has 3 heterocycles. The summed E-state index contributed by atoms with van der Waals surface area (Å²) < 4.78 is 12.0. The van der Waals surface area contributed by atoms with Gasteiger partial charge in [-0.15, -0.1) is 0 Å². The zero-order valence-electron chi connectivity index (χ0n) is 19.3. The molecule has 1 saturated heterocycles. The van der Waals surface area contributed by atoms with Crippen LogP contribution >= 0.6 is 0 Å². The van der Waals surface area contributed by atoms with Gasteiger partial charge in [0.25, 0.3) is 0 Å². The smallest absolute Gasteiger partial charge is 0.159 e. The standard InChI is InChI=1S/C27H27N5O2/c1-17-15-33-18(2)14-32(17)20-11-12-21-23(13-20)29-27(28-21)26-25-22(30-31-26)9-6-10-24(25)34-16-19-7-4-3-5-8-19/h3-13,17-18H,14-16H2,1-2H3,(H,28,29)(H,30,31). The Morgan fingerprint density at radius 1 is 1.03 bits per heavy atom. The van der Waals surface area contributed by atoms with Gasteiger partial charge in [-0.05, 0) is 49.7 Å². The SMILES string of the molecule is CC1CN(c2ccc3nc(-c4n[nH]c5cccc(OCc6ccccc6)c45)[nH]c3c2)C(C)CO1. The summed E-state index contributed by atoms with van der Waals surface area (Å²) in [6, 6.07) is 22.8. The Morgan fingerprint density at radius 2 is 1.91 bits per heavy atom. The summed E-state index contributed by atoms with van der Waals surface area (Å²) in [7, 11) is 0. The zero-order chi connectivity index (χ0) is 23.1. The van der Waals surface area contributed by atoms with E-state index in [0.717, 1.165) is 57.9 Å². The van der Waals surface area contributed by atoms with Crippen LogP contribution in [0.1, 0.15) is 19.4 Å². The third-order valence-electron chi connectivity index (χ3n) is 6.42. The van der Waals surface area contributed by atoms with E-state index in [1.165, 1.54) is 5.69 Å². The lowest BCUT2D eigenvalue weighted by atomic mass is 10.1. The summed E-state index contributed by atoms with van der Waals surface area (Å²) in [4.78, 5) is 10.7. The van der Waals surface area contributed by atoms with Crippen LogP contribution in [0.4, 0.5) is 5.69 Å². The first kappa shape index (κ1) is 20.7. The molecule has 0 radical (unpaired) electrons. The van der Waals surface area contributed by atoms with Crippen LogP contribution in [-0.4, -0.2) is 45.5 Å². The lowest BCUT2D eigenvalue weighted by Crippen LogP contribution is -2.47. The predicted octanol–water partition coefficient (Wildman–Crippen LogP) is 5.30. The molecule has 34 heavy (non-hydrogen) atoms. The Morgan fingerprint density at radius 3 is 2.79 bits per heavy atom. The van der Waals surface area contributed by atoms with Crippen molar-refractivity contribution < 1.29 is 9.47 Å². The summed E-state index contributed by atoms with van der Waals surface area (Å²) in [6.45, 7) is 6.41. The number of hydrogen-bond acceptors (Lipinski definition) is 5. The topological polar surface area (TPSA) is 79.1 Å². The van der Waals surface area contributed by atoms with Gasteiger partial charge >= 0.3 is 0 Å². The molecule has 1 aliphatic heterocycles. The number of fused-ring (bicyclic) bond motifs is 2. The Balaban J connectivity index is 1.35. The van der Waals surface area contributed by atoms with Crippen molar-refractivity contribution in [2.24, 2.45) is 0 Å². The molecule has 0 bridgehead atoms. The Bertz CT molecular complexity index is 1440. The fourth-order valence-electron chi connectivity index (χ4n) is 4.62. The fourth-order valence-corrected chi connectivity index (χ4v) is 4.62. The van der Waals surface area contributed by atoms with Gasteiger partial charge in [0.15, 0.2) is 5.82 Å². The number of imidazole rings is 1. The highest BCUT2D eigenvalue weighted by Crippen LogP contribution is 2.34. The molecule has 2 unspecified atom stereocenters. The van der Waals surface area contributed by atoms with Crippen molar-refractivity contribution >= 4 is 27.6 Å². The molecule has 1 aliphatic rings. The molecular weight excluding hydrogens is 426 g/mol. The second kappa shape index (κ2) is 8.50. The van der Waals surface area contributed by atoms with Gasteiger partial charge in [-0.1, -0.05) is 36.4 Å². The van der Waals surface area contributed by atoms with Gasteiger partial charge in [-0.2, -0.15) is 5.10 Å². The minimum absolute atomic E-state index is 0.217. The molecule has 2 aromatic heterocycles. The zero-order valence-corrected chi connectivity index (χ0v) is 19.3. The van der Waals surface area contributed by atoms with Gasteiger partial charge in [0, 0.05) is 18.3 Å². The number of nitrogens with zero attached hydrogens (tertiary/aromatic N) is 3. The van der Waals surface area contributed by atoms with Crippen molar-refractivity contribution in [2.75, 3.05) is 18.1 Å². The van der Waals surface area contributed by atoms with E-state index >= 15 is 0 Å². The third kappa shape index (κ3) is 3.78. The number of anilines is 1. The first-order valence-corrected chi connectivity index (χ1v) is 11.7. The Hall–Kier alpha value is -3.84. The largest absolute Gasteiger partial charge is 0.488 e. The monoisotopic (exact) mass is 453 g/mol. The van der Waals surface area contributed by atoms with Crippen LogP contribution in [0, 0.1) is 0 Å². The number of rotatable bonds is 5. The molecule has 5 aromatic rings. The quantitative estimate of drug-likeness (QED) is 0.378. The molecule has 172 valence electrons. The number of aromatic amines is 2. The van der Waals surface area contributed by atoms with Crippen LogP contribution < -0.4 is 9.64 Å². The minimum atomic E-state index is 0.217. The van der Waals surface area contributed by atoms with Gasteiger partial charge in [0.1, 0.15) is 18.1 Å². The van der Waals surface area contributed by atoms with Gasteiger partial charge in [0.05, 0.1) is 34.6 Å². The normalized spacial score (nSPS) is 18.6. The van der Waals surface area contributed by atoms with Crippen molar-refractivity contribution in [1.82, 2.24) is 20.2 Å². The van der Waals surface area contributed by atoms with Crippen LogP contribution in [0.5, 0.6) is 5.75 Å². The summed E-state index contributed by atoms with van der Waals surface area (Å²) in [6.07, 6.45) is 0.217. The molecule has 1 fully saturated rings. The number of ether oxygens (including phenoxy) is 2. The number of morpholine rings is 1. The molecule has 2 atom stereocenters. The predicted molar refractivity (Wildman–Crippen MR) is 134 cm³/mol. The molecule has 7 nitrogen and oxygen atoms in total. The highest BCUT2D eigenvalue weighted by atomic mass is 16.5. The highest BCUT2D eigenvalue weighted by Gasteiger charge is 2.24. The maximum atomic E-state index is 6.20. The average molecular weight is 454 g/mol. The van der Waals surface area contributed by atoms with E-state index in [9.17, 15) is 0 Å². The molecule has 3 aromatic carbocycles. The van der Waals surface area contributed by atoms with Crippen LogP contribution in [0.15, 0.2) is 66.7 Å². The third-order valence-corrected chi connectivity index (χ3v) is 6.42. The van der Waals surface area contributed by atoms with Crippen molar-refractivity contribution in [3.05, 3.63) is 72.3 Å². The Labute approximate surface area is 197 Å². The van der Waals surface area contributed by atoms with Gasteiger partial charge < -0.3 is 19.4 Å². The van der Waals surface area contributed by atoms with Crippen LogP contribution in [-0.2, 0) is 11.3 Å². The first-order chi connectivity index (χ1) is 16.7. The van der Waals surface area contributed by atoms with Crippen LogP contribution in [0.25, 0.3) is 33.5 Å². The molecule has 7 heteroatoms. The number of benzene rings is 3. The average Bonchev–Trinajstić information content (AvgIpc) is 3.48. The van der Waals surface area contributed by atoms with E-state index in [2.05, 4.69) is 64.3 Å². The number of H-pyrrole nitrogens is 2. The number of aromatic nitrogens is 4. The van der Waals surface area contributed by atoms with Crippen molar-refractivity contribution in [2.45, 2.75) is 32.6 Å². The van der Waals surface area contributed by atoms with Gasteiger partial charge in [-0.3, -0.25) is 5.10 Å². The maximum Gasteiger partial charge on any atom is 0.159 e. The second-order valence-corrected chi connectivity index (χ2v) is 8.96. The summed E-state index contributed by atoms with van der Waals surface area (Å²) in [5, 5.41) is 8.64. The summed E-state index contributed by atoms with van der Waals surface area (Å²) >= 11 is 0. The van der Waals surface area contributed by atoms with E-state index in [1.54, 1.807) is 0 Å². The summed E-state index contributed by atoms with van der Waals surface area (Å²) in [5.41, 5.74) is 5.85. The molecule has 0 saturated carbocycles. The molecule has 0 spiro atoms. The van der Waals surface area contributed by atoms with Crippen LogP contribution in [0.3, 0.4) is 0 Å². The second-order valence-electron chi connectivity index (χ2n) is 8.96. The number of hydrogen-bond donors (Lipinski definition) is 2. The molecule has 0 aliphatic carbocycles. The van der Waals surface area contributed by atoms with E-state index in [4.69, 9.17) is 14.5 Å². The van der Waals surface area contributed by atoms with Crippen molar-refractivity contribution in [3.8, 4) is 17.3 Å². The minimum Gasteiger partial charge on any atom is -0.488 e. The van der Waals surface area contributed by atoms with E-state index < -0.39 is 0 Å². The number of nitrogens with one attached hydrogen (secondary N) is 2. The lowest BCUT2D eigenvalue weighted by molar-refractivity contribution is 0.0344. The van der Waals surface area contributed by atoms with Crippen molar-refractivity contribution in [3.63, 3.8) is 0 Å². The summed E-state index contributed by atoms with van der Waals surface area (Å²) in [5.74, 6) is 1.50. The van der Waals surface area contributed by atoms with Gasteiger partial charge in [0.2, 0.25) is 0 Å². The molecule has 0 amide bonds. The lowest BCUT2D eigenvalue weighted by Gasteiger charge is -2.38. The van der Waals surface area contributed by atoms with E-state index in [1.807, 2.05) is 36.4 Å². The highest BCUT2D eigenvalue weighted by molar-refractivity contribution is 5.97. The van der Waals surface area contributed by atoms with Crippen LogP contribution in [0.2, 0.25) is 0 Å². The maximum absolute atomic E-state index is 6.20. The molecule has 2 N–H and O–H groups in total. The molecule has 6 rings (SSSR count). The van der Waals surface area contributed by atoms with E-state index in [-0.39, 0.29) is 6.10 Å². The van der Waals surface area contributed by atoms with Gasteiger partial charge in [-0.25, -0.2) is 4.98 Å². The Kier molecular flexibility index (Phi) is 5.19. The molecular formula is C27H27N5O2. The van der Waals surface area contributed by atoms with E-state index in [0.29, 0.717) is 12.6 Å².